The number of nitriles is 1. The molecule has 148 valence electrons. The number of para-hydroxylation sites is 2. The predicted octanol–water partition coefficient (Wildman–Crippen LogP) is 3.53. The normalized spacial score (nSPS) is 13.4. The van der Waals surface area contributed by atoms with E-state index in [2.05, 4.69) is 26.7 Å². The molecule has 0 saturated heterocycles. The third-order valence-corrected chi connectivity index (χ3v) is 4.50. The average Bonchev–Trinajstić information content (AvgIpc) is 3.19. The summed E-state index contributed by atoms with van der Waals surface area (Å²) in [5.74, 6) is 0.429. The minimum atomic E-state index is -0.948. The molecule has 1 aliphatic rings. The Labute approximate surface area is 172 Å². The molecule has 4 rings (SSSR count). The number of carboxylic acids is 1. The molecule has 3 aromatic rings. The summed E-state index contributed by atoms with van der Waals surface area (Å²) in [6, 6.07) is 17.9. The van der Waals surface area contributed by atoms with Crippen molar-refractivity contribution in [2.75, 3.05) is 17.2 Å². The summed E-state index contributed by atoms with van der Waals surface area (Å²) >= 11 is 0. The van der Waals surface area contributed by atoms with Crippen LogP contribution in [0.3, 0.4) is 0 Å². The zero-order valence-corrected chi connectivity index (χ0v) is 15.8. The Kier molecular flexibility index (Phi) is 5.26. The summed E-state index contributed by atoms with van der Waals surface area (Å²) < 4.78 is 5.74. The van der Waals surface area contributed by atoms with Crippen molar-refractivity contribution in [1.29, 1.82) is 5.26 Å². The van der Waals surface area contributed by atoms with Gasteiger partial charge in [-0.3, -0.25) is 0 Å². The summed E-state index contributed by atoms with van der Waals surface area (Å²) in [4.78, 5) is 19.5. The quantitative estimate of drug-likeness (QED) is 0.539. The lowest BCUT2D eigenvalue weighted by Crippen LogP contribution is -2.10. The van der Waals surface area contributed by atoms with Crippen molar-refractivity contribution in [2.45, 2.75) is 6.42 Å². The van der Waals surface area contributed by atoms with Crippen LogP contribution in [0, 0.1) is 11.3 Å². The van der Waals surface area contributed by atoms with Gasteiger partial charge in [-0.2, -0.15) is 5.26 Å². The van der Waals surface area contributed by atoms with E-state index in [1.54, 1.807) is 36.5 Å². The Morgan fingerprint density at radius 2 is 1.97 bits per heavy atom. The fourth-order valence-electron chi connectivity index (χ4n) is 2.97. The number of fused-ring (bicyclic) bond motifs is 1. The Bertz CT molecular complexity index is 1140. The second-order valence-corrected chi connectivity index (χ2v) is 6.48. The lowest BCUT2D eigenvalue weighted by atomic mass is 10.1. The topological polar surface area (TPSA) is 120 Å². The van der Waals surface area contributed by atoms with E-state index >= 15 is 0 Å². The first kappa shape index (κ1) is 19.0. The maximum atomic E-state index is 10.9. The average molecular weight is 399 g/mol. The van der Waals surface area contributed by atoms with Crippen molar-refractivity contribution in [1.82, 2.24) is 9.97 Å². The van der Waals surface area contributed by atoms with Crippen LogP contribution in [0.25, 0.3) is 5.57 Å². The Hall–Kier alpha value is -4.38. The number of hydrogen-bond donors (Lipinski definition) is 3. The van der Waals surface area contributed by atoms with Crippen molar-refractivity contribution in [3.05, 3.63) is 83.5 Å². The van der Waals surface area contributed by atoms with E-state index in [9.17, 15) is 10.1 Å². The Morgan fingerprint density at radius 1 is 1.17 bits per heavy atom. The van der Waals surface area contributed by atoms with Crippen molar-refractivity contribution >= 4 is 23.2 Å². The number of aromatic carboxylic acids is 1. The molecule has 8 nitrogen and oxygen atoms in total. The highest BCUT2D eigenvalue weighted by molar-refractivity contribution is 5.87. The number of aromatic nitrogens is 2. The van der Waals surface area contributed by atoms with Gasteiger partial charge in [0, 0.05) is 12.7 Å². The molecule has 0 bridgehead atoms. The van der Waals surface area contributed by atoms with Crippen LogP contribution in [0.2, 0.25) is 0 Å². The number of benzene rings is 2. The van der Waals surface area contributed by atoms with Gasteiger partial charge in [-0.05, 0) is 42.3 Å². The fourth-order valence-corrected chi connectivity index (χ4v) is 2.97. The molecule has 0 aliphatic carbocycles. The highest BCUT2D eigenvalue weighted by Gasteiger charge is 2.21. The third kappa shape index (κ3) is 4.05. The molecule has 2 aromatic carbocycles. The molecular weight excluding hydrogens is 382 g/mol. The van der Waals surface area contributed by atoms with Gasteiger partial charge in [-0.15, -0.1) is 0 Å². The SMILES string of the molecule is N#C/C(=C1/Nc2ccccc2O1)c1ccnc(NCCc2ccc(C(=O)O)cc2)n1. The standard InChI is InChI=1S/C22H17N5O3/c23-13-16(20-26-18-3-1-2-4-19(18)30-20)17-10-12-25-22(27-17)24-11-9-14-5-7-15(8-6-14)21(28)29/h1-8,10,12,26H,9,11H2,(H,28,29)(H,24,25,27)/b20-16+. The molecule has 0 radical (unpaired) electrons. The molecule has 0 saturated carbocycles. The van der Waals surface area contributed by atoms with E-state index in [1.807, 2.05) is 24.3 Å². The van der Waals surface area contributed by atoms with Crippen LogP contribution in [0.15, 0.2) is 66.7 Å². The molecule has 0 fully saturated rings. The smallest absolute Gasteiger partial charge is 0.335 e. The number of nitrogens with zero attached hydrogens (tertiary/aromatic N) is 3. The van der Waals surface area contributed by atoms with Crippen LogP contribution in [-0.2, 0) is 6.42 Å². The number of carboxylic acid groups (broad SMARTS) is 1. The van der Waals surface area contributed by atoms with Gasteiger partial charge in [0.1, 0.15) is 11.6 Å². The van der Waals surface area contributed by atoms with E-state index in [0.717, 1.165) is 11.3 Å². The second kappa shape index (κ2) is 8.32. The van der Waals surface area contributed by atoms with Crippen LogP contribution in [0.4, 0.5) is 11.6 Å². The van der Waals surface area contributed by atoms with Gasteiger partial charge in [0.15, 0.2) is 5.75 Å². The molecule has 3 N–H and O–H groups in total. The molecule has 0 amide bonds. The first-order valence-electron chi connectivity index (χ1n) is 9.22. The van der Waals surface area contributed by atoms with E-state index < -0.39 is 5.97 Å². The van der Waals surface area contributed by atoms with Crippen LogP contribution >= 0.6 is 0 Å². The number of ether oxygens (including phenoxy) is 1. The summed E-state index contributed by atoms with van der Waals surface area (Å²) in [6.07, 6.45) is 2.24. The van der Waals surface area contributed by atoms with Crippen LogP contribution in [0.5, 0.6) is 5.75 Å². The molecule has 2 heterocycles. The molecule has 30 heavy (non-hydrogen) atoms. The number of allylic oxidation sites excluding steroid dienone is 1. The minimum Gasteiger partial charge on any atom is -0.478 e. The van der Waals surface area contributed by atoms with Crippen LogP contribution in [-0.4, -0.2) is 27.6 Å². The van der Waals surface area contributed by atoms with Gasteiger partial charge < -0.3 is 20.5 Å². The predicted molar refractivity (Wildman–Crippen MR) is 111 cm³/mol. The lowest BCUT2D eigenvalue weighted by Gasteiger charge is -2.08. The lowest BCUT2D eigenvalue weighted by molar-refractivity contribution is 0.0697. The number of carbonyl (C=O) groups is 1. The van der Waals surface area contributed by atoms with E-state index in [-0.39, 0.29) is 11.1 Å². The van der Waals surface area contributed by atoms with Gasteiger partial charge in [0.25, 0.3) is 0 Å². The zero-order valence-electron chi connectivity index (χ0n) is 15.8. The van der Waals surface area contributed by atoms with Gasteiger partial charge in [-0.1, -0.05) is 24.3 Å². The fraction of sp³-hybridized carbons (Fsp3) is 0.0909. The largest absolute Gasteiger partial charge is 0.478 e. The van der Waals surface area contributed by atoms with Gasteiger partial charge >= 0.3 is 5.97 Å². The number of nitrogens with one attached hydrogen (secondary N) is 2. The monoisotopic (exact) mass is 399 g/mol. The highest BCUT2D eigenvalue weighted by atomic mass is 16.5. The summed E-state index contributed by atoms with van der Waals surface area (Å²) in [5, 5.41) is 24.8. The maximum absolute atomic E-state index is 10.9. The van der Waals surface area contributed by atoms with Crippen LogP contribution in [0.1, 0.15) is 21.6 Å². The molecule has 1 aliphatic heterocycles. The maximum Gasteiger partial charge on any atom is 0.335 e. The highest BCUT2D eigenvalue weighted by Crippen LogP contribution is 2.35. The Morgan fingerprint density at radius 3 is 2.70 bits per heavy atom. The number of anilines is 2. The molecular formula is C22H17N5O3. The van der Waals surface area contributed by atoms with Gasteiger partial charge in [0.05, 0.1) is 16.9 Å². The molecule has 0 atom stereocenters. The van der Waals surface area contributed by atoms with Gasteiger partial charge in [-0.25, -0.2) is 14.8 Å². The first-order valence-corrected chi connectivity index (χ1v) is 9.22. The summed E-state index contributed by atoms with van der Waals surface area (Å²) in [7, 11) is 0. The van der Waals surface area contributed by atoms with E-state index in [0.29, 0.717) is 36.2 Å². The zero-order chi connectivity index (χ0) is 20.9. The van der Waals surface area contributed by atoms with Crippen molar-refractivity contribution in [3.63, 3.8) is 0 Å². The minimum absolute atomic E-state index is 0.254. The Balaban J connectivity index is 1.44. The van der Waals surface area contributed by atoms with Crippen molar-refractivity contribution in [3.8, 4) is 11.8 Å². The third-order valence-electron chi connectivity index (χ3n) is 4.50. The van der Waals surface area contributed by atoms with Gasteiger partial charge in [0.2, 0.25) is 11.8 Å². The van der Waals surface area contributed by atoms with E-state index in [4.69, 9.17) is 9.84 Å². The molecule has 8 heteroatoms. The first-order chi connectivity index (χ1) is 14.6. The molecule has 0 spiro atoms. The van der Waals surface area contributed by atoms with Crippen molar-refractivity contribution < 1.29 is 14.6 Å². The van der Waals surface area contributed by atoms with Crippen molar-refractivity contribution in [2.24, 2.45) is 0 Å². The van der Waals surface area contributed by atoms with Crippen LogP contribution < -0.4 is 15.4 Å². The number of hydrogen-bond acceptors (Lipinski definition) is 7. The number of rotatable bonds is 6. The summed E-state index contributed by atoms with van der Waals surface area (Å²) in [5.41, 5.74) is 2.76. The van der Waals surface area contributed by atoms with E-state index in [1.165, 1.54) is 0 Å². The second-order valence-electron chi connectivity index (χ2n) is 6.48. The summed E-state index contributed by atoms with van der Waals surface area (Å²) in [6.45, 7) is 0.550. The molecule has 0 unspecified atom stereocenters. The molecule has 1 aromatic heterocycles.